The number of nitrogens with zero attached hydrogens (tertiary/aromatic N) is 2. The summed E-state index contributed by atoms with van der Waals surface area (Å²) < 4.78 is 2.19. The van der Waals surface area contributed by atoms with Crippen molar-refractivity contribution in [2.75, 3.05) is 0 Å². The van der Waals surface area contributed by atoms with Gasteiger partial charge >= 0.3 is 0 Å². The van der Waals surface area contributed by atoms with Crippen LogP contribution in [0.5, 0.6) is 0 Å². The highest BCUT2D eigenvalue weighted by Gasteiger charge is 2.08. The molecule has 2 heterocycles. The van der Waals surface area contributed by atoms with Crippen molar-refractivity contribution in [1.82, 2.24) is 9.55 Å². The molecule has 0 saturated carbocycles. The number of hydrogen-bond donors (Lipinski definition) is 1. The second-order valence-electron chi connectivity index (χ2n) is 3.37. The van der Waals surface area contributed by atoms with E-state index in [9.17, 15) is 0 Å². The quantitative estimate of drug-likeness (QED) is 0.858. The first-order valence-electron chi connectivity index (χ1n) is 5.11. The van der Waals surface area contributed by atoms with Gasteiger partial charge in [-0.1, -0.05) is 6.07 Å². The van der Waals surface area contributed by atoms with Crippen molar-refractivity contribution in [2.45, 2.75) is 26.4 Å². The molecule has 0 aliphatic carbocycles. The minimum absolute atomic E-state index is 0.561. The first-order chi connectivity index (χ1) is 7.35. The van der Waals surface area contributed by atoms with E-state index in [1.165, 1.54) is 4.88 Å². The molecule has 0 aliphatic heterocycles. The van der Waals surface area contributed by atoms with Crippen LogP contribution in [-0.4, -0.2) is 9.55 Å². The predicted molar refractivity (Wildman–Crippen MR) is 62.9 cm³/mol. The largest absolute Gasteiger partial charge is 0.331 e. The highest BCUT2D eigenvalue weighted by Crippen LogP contribution is 2.15. The molecule has 0 unspecified atom stereocenters. The third-order valence-electron chi connectivity index (χ3n) is 2.46. The van der Waals surface area contributed by atoms with Gasteiger partial charge in [0.2, 0.25) is 0 Å². The fraction of sp³-hybridized carbons (Fsp3) is 0.364. The number of hydrogen-bond acceptors (Lipinski definition) is 3. The first-order valence-corrected chi connectivity index (χ1v) is 5.98. The van der Waals surface area contributed by atoms with Gasteiger partial charge in [0.15, 0.2) is 0 Å². The summed E-state index contributed by atoms with van der Waals surface area (Å²) >= 11 is 1.77. The van der Waals surface area contributed by atoms with Gasteiger partial charge in [0.1, 0.15) is 5.82 Å². The summed E-state index contributed by atoms with van der Waals surface area (Å²) in [6.07, 6.45) is 2.79. The van der Waals surface area contributed by atoms with E-state index < -0.39 is 0 Å². The fourth-order valence-electron chi connectivity index (χ4n) is 1.71. The van der Waals surface area contributed by atoms with Crippen LogP contribution >= 0.6 is 11.3 Å². The minimum atomic E-state index is 0.561. The normalized spacial score (nSPS) is 10.8. The Morgan fingerprint density at radius 1 is 1.53 bits per heavy atom. The highest BCUT2D eigenvalue weighted by atomic mass is 32.1. The lowest BCUT2D eigenvalue weighted by Gasteiger charge is -2.06. The molecule has 0 atom stereocenters. The Labute approximate surface area is 93.6 Å². The van der Waals surface area contributed by atoms with Gasteiger partial charge in [0, 0.05) is 30.6 Å². The Morgan fingerprint density at radius 2 is 2.40 bits per heavy atom. The molecule has 0 radical (unpaired) electrons. The molecule has 0 saturated heterocycles. The Balaban J connectivity index is 2.24. The average Bonchev–Trinajstić information content (AvgIpc) is 2.87. The summed E-state index contributed by atoms with van der Waals surface area (Å²) in [6.45, 7) is 3.62. The molecule has 0 aromatic carbocycles. The molecule has 3 nitrogen and oxygen atoms in total. The summed E-state index contributed by atoms with van der Waals surface area (Å²) in [5.41, 5.74) is 6.77. The van der Waals surface area contributed by atoms with Crippen LogP contribution in [0, 0.1) is 0 Å². The van der Waals surface area contributed by atoms with Gasteiger partial charge in [-0.25, -0.2) is 4.98 Å². The van der Waals surface area contributed by atoms with Gasteiger partial charge in [0.05, 0.1) is 5.69 Å². The van der Waals surface area contributed by atoms with Crippen LogP contribution in [0.15, 0.2) is 23.7 Å². The lowest BCUT2D eigenvalue weighted by Crippen LogP contribution is -2.09. The van der Waals surface area contributed by atoms with Crippen molar-refractivity contribution in [3.05, 3.63) is 40.1 Å². The van der Waals surface area contributed by atoms with Crippen LogP contribution in [0.25, 0.3) is 0 Å². The molecule has 2 aromatic rings. The van der Waals surface area contributed by atoms with Gasteiger partial charge in [-0.15, -0.1) is 11.3 Å². The maximum absolute atomic E-state index is 5.65. The lowest BCUT2D eigenvalue weighted by molar-refractivity contribution is 0.675. The Kier molecular flexibility index (Phi) is 3.18. The Morgan fingerprint density at radius 3 is 3.00 bits per heavy atom. The maximum Gasteiger partial charge on any atom is 0.114 e. The van der Waals surface area contributed by atoms with Gasteiger partial charge < -0.3 is 10.3 Å². The molecular weight excluding hydrogens is 206 g/mol. The van der Waals surface area contributed by atoms with Crippen molar-refractivity contribution in [3.63, 3.8) is 0 Å². The second-order valence-corrected chi connectivity index (χ2v) is 4.40. The summed E-state index contributed by atoms with van der Waals surface area (Å²) in [6, 6.07) is 4.21. The van der Waals surface area contributed by atoms with Crippen molar-refractivity contribution in [1.29, 1.82) is 0 Å². The SMILES string of the molecule is CCn1c(CN)cnc1Cc1cccs1. The van der Waals surface area contributed by atoms with E-state index in [0.717, 1.165) is 24.5 Å². The number of nitrogens with two attached hydrogens (primary N) is 1. The molecule has 0 aliphatic rings. The van der Waals surface area contributed by atoms with Gasteiger partial charge in [-0.3, -0.25) is 0 Å². The van der Waals surface area contributed by atoms with Crippen LogP contribution in [0.3, 0.4) is 0 Å². The van der Waals surface area contributed by atoms with Crippen LogP contribution in [-0.2, 0) is 19.5 Å². The molecule has 0 fully saturated rings. The third kappa shape index (κ3) is 2.11. The van der Waals surface area contributed by atoms with E-state index in [-0.39, 0.29) is 0 Å². The number of thiophene rings is 1. The molecule has 4 heteroatoms. The fourth-order valence-corrected chi connectivity index (χ4v) is 2.41. The van der Waals surface area contributed by atoms with E-state index in [4.69, 9.17) is 5.73 Å². The molecule has 0 amide bonds. The molecule has 80 valence electrons. The lowest BCUT2D eigenvalue weighted by atomic mass is 10.3. The monoisotopic (exact) mass is 221 g/mol. The predicted octanol–water partition coefficient (Wildman–Crippen LogP) is 2.01. The van der Waals surface area contributed by atoms with E-state index in [1.807, 2.05) is 6.20 Å². The van der Waals surface area contributed by atoms with Crippen LogP contribution < -0.4 is 5.73 Å². The zero-order valence-electron chi connectivity index (χ0n) is 8.81. The molecule has 2 N–H and O–H groups in total. The van der Waals surface area contributed by atoms with E-state index in [0.29, 0.717) is 6.54 Å². The summed E-state index contributed by atoms with van der Waals surface area (Å²) in [4.78, 5) is 5.77. The zero-order chi connectivity index (χ0) is 10.7. The van der Waals surface area contributed by atoms with Crippen molar-refractivity contribution in [3.8, 4) is 0 Å². The van der Waals surface area contributed by atoms with Crippen LogP contribution in [0.2, 0.25) is 0 Å². The first kappa shape index (κ1) is 10.4. The Bertz CT molecular complexity index is 417. The van der Waals surface area contributed by atoms with E-state index in [1.54, 1.807) is 11.3 Å². The van der Waals surface area contributed by atoms with Gasteiger partial charge in [0.25, 0.3) is 0 Å². The average molecular weight is 221 g/mol. The molecule has 0 spiro atoms. The highest BCUT2D eigenvalue weighted by molar-refractivity contribution is 7.09. The van der Waals surface area contributed by atoms with E-state index >= 15 is 0 Å². The number of imidazole rings is 1. The van der Waals surface area contributed by atoms with Crippen molar-refractivity contribution in [2.24, 2.45) is 5.73 Å². The van der Waals surface area contributed by atoms with Gasteiger partial charge in [-0.05, 0) is 18.4 Å². The standard InChI is InChI=1S/C11H15N3S/c1-2-14-9(7-12)8-13-11(14)6-10-4-3-5-15-10/h3-5,8H,2,6-7,12H2,1H3. The Hall–Kier alpha value is -1.13. The summed E-state index contributed by atoms with van der Waals surface area (Å²) in [7, 11) is 0. The zero-order valence-corrected chi connectivity index (χ0v) is 9.63. The maximum atomic E-state index is 5.65. The molecule has 2 rings (SSSR count). The number of rotatable bonds is 4. The van der Waals surface area contributed by atoms with Gasteiger partial charge in [-0.2, -0.15) is 0 Å². The molecule has 0 bridgehead atoms. The third-order valence-corrected chi connectivity index (χ3v) is 3.34. The molecule has 2 aromatic heterocycles. The summed E-state index contributed by atoms with van der Waals surface area (Å²) in [5, 5.41) is 2.10. The van der Waals surface area contributed by atoms with Crippen molar-refractivity contribution >= 4 is 11.3 Å². The molecular formula is C11H15N3S. The smallest absolute Gasteiger partial charge is 0.114 e. The topological polar surface area (TPSA) is 43.8 Å². The number of aromatic nitrogens is 2. The second kappa shape index (κ2) is 4.59. The van der Waals surface area contributed by atoms with Crippen molar-refractivity contribution < 1.29 is 0 Å². The van der Waals surface area contributed by atoms with Crippen LogP contribution in [0.4, 0.5) is 0 Å². The molecule has 15 heavy (non-hydrogen) atoms. The minimum Gasteiger partial charge on any atom is -0.331 e. The van der Waals surface area contributed by atoms with E-state index in [2.05, 4.69) is 34.0 Å². The summed E-state index contributed by atoms with van der Waals surface area (Å²) in [5.74, 6) is 1.11. The van der Waals surface area contributed by atoms with Crippen LogP contribution in [0.1, 0.15) is 23.3 Å².